The van der Waals surface area contributed by atoms with Gasteiger partial charge in [0.25, 0.3) is 5.91 Å². The number of amides is 2. The average Bonchev–Trinajstić information content (AvgIpc) is 2.64. The molecule has 0 spiro atoms. The van der Waals surface area contributed by atoms with Crippen molar-refractivity contribution in [2.75, 3.05) is 57.9 Å². The van der Waals surface area contributed by atoms with Crippen LogP contribution in [0.3, 0.4) is 0 Å². The monoisotopic (exact) mass is 361 g/mol. The van der Waals surface area contributed by atoms with E-state index in [1.54, 1.807) is 16.9 Å². The molecule has 1 aromatic carbocycles. The van der Waals surface area contributed by atoms with E-state index in [2.05, 4.69) is 0 Å². The fraction of sp³-hybridized carbons (Fsp3) is 0.579. The zero-order valence-corrected chi connectivity index (χ0v) is 15.3. The second-order valence-electron chi connectivity index (χ2n) is 7.01. The molecule has 2 heterocycles. The number of hydrogen-bond donors (Lipinski definition) is 1. The number of benzene rings is 1. The number of piperazine rings is 1. The normalized spacial score (nSPS) is 25.0. The minimum Gasteiger partial charge on any atom is -0.383 e. The SMILES string of the molecule is COCCN1CCC[C@](O)(CN2CCN(c3ccccc3)C(=O)C2)C1=O. The van der Waals surface area contributed by atoms with E-state index < -0.39 is 5.60 Å². The maximum atomic E-state index is 12.7. The third kappa shape index (κ3) is 4.06. The Morgan fingerprint density at radius 1 is 1.15 bits per heavy atom. The predicted octanol–water partition coefficient (Wildman–Crippen LogP) is 0.335. The first-order valence-electron chi connectivity index (χ1n) is 9.12. The fourth-order valence-corrected chi connectivity index (χ4v) is 3.73. The topological polar surface area (TPSA) is 73.3 Å². The van der Waals surface area contributed by atoms with E-state index in [9.17, 15) is 14.7 Å². The molecule has 1 aromatic rings. The number of likely N-dealkylation sites (tertiary alicyclic amines) is 1. The highest BCUT2D eigenvalue weighted by Crippen LogP contribution is 2.25. The van der Waals surface area contributed by atoms with Crippen LogP contribution in [0.2, 0.25) is 0 Å². The van der Waals surface area contributed by atoms with Gasteiger partial charge in [0.05, 0.1) is 13.2 Å². The molecule has 7 heteroatoms. The maximum Gasteiger partial charge on any atom is 0.255 e. The Labute approximate surface area is 154 Å². The number of nitrogens with zero attached hydrogens (tertiary/aromatic N) is 3. The largest absolute Gasteiger partial charge is 0.383 e. The first-order valence-corrected chi connectivity index (χ1v) is 9.12. The molecular weight excluding hydrogens is 334 g/mol. The minimum atomic E-state index is -1.42. The van der Waals surface area contributed by atoms with E-state index in [1.165, 1.54) is 0 Å². The predicted molar refractivity (Wildman–Crippen MR) is 97.9 cm³/mol. The Morgan fingerprint density at radius 2 is 1.92 bits per heavy atom. The van der Waals surface area contributed by atoms with Gasteiger partial charge in [0.2, 0.25) is 5.91 Å². The van der Waals surface area contributed by atoms with Crippen molar-refractivity contribution in [3.05, 3.63) is 30.3 Å². The smallest absolute Gasteiger partial charge is 0.255 e. The second kappa shape index (κ2) is 8.16. The van der Waals surface area contributed by atoms with Crippen LogP contribution in [0.4, 0.5) is 5.69 Å². The molecule has 142 valence electrons. The number of hydrogen-bond acceptors (Lipinski definition) is 5. The van der Waals surface area contributed by atoms with E-state index in [1.807, 2.05) is 35.2 Å². The standard InChI is InChI=1S/C19H27N3O4/c1-26-13-12-21-9-5-8-19(25,18(21)24)15-20-10-11-22(17(23)14-20)16-6-3-2-4-7-16/h2-4,6-7,25H,5,8-15H2,1H3/t19-/m0/s1. The van der Waals surface area contributed by atoms with Crippen molar-refractivity contribution in [2.45, 2.75) is 18.4 Å². The van der Waals surface area contributed by atoms with E-state index in [0.717, 1.165) is 12.1 Å². The van der Waals surface area contributed by atoms with Crippen molar-refractivity contribution in [3.8, 4) is 0 Å². The van der Waals surface area contributed by atoms with Gasteiger partial charge in [0, 0.05) is 45.5 Å². The van der Waals surface area contributed by atoms with Crippen LogP contribution in [-0.4, -0.2) is 85.3 Å². The van der Waals surface area contributed by atoms with Gasteiger partial charge in [-0.15, -0.1) is 0 Å². The first-order chi connectivity index (χ1) is 12.5. The summed E-state index contributed by atoms with van der Waals surface area (Å²) in [4.78, 5) is 30.5. The summed E-state index contributed by atoms with van der Waals surface area (Å²) < 4.78 is 5.04. The number of anilines is 1. The third-order valence-corrected chi connectivity index (χ3v) is 5.12. The van der Waals surface area contributed by atoms with Gasteiger partial charge < -0.3 is 19.6 Å². The Hall–Kier alpha value is -1.96. The lowest BCUT2D eigenvalue weighted by Gasteiger charge is -2.42. The zero-order valence-electron chi connectivity index (χ0n) is 15.3. The molecular formula is C19H27N3O4. The maximum absolute atomic E-state index is 12.7. The first kappa shape index (κ1) is 18.8. The molecule has 1 atom stereocenters. The second-order valence-corrected chi connectivity index (χ2v) is 7.01. The molecule has 26 heavy (non-hydrogen) atoms. The van der Waals surface area contributed by atoms with Crippen molar-refractivity contribution in [2.24, 2.45) is 0 Å². The van der Waals surface area contributed by atoms with Crippen LogP contribution in [0.5, 0.6) is 0 Å². The summed E-state index contributed by atoms with van der Waals surface area (Å²) in [5.74, 6) is -0.260. The van der Waals surface area contributed by atoms with Crippen molar-refractivity contribution < 1.29 is 19.4 Å². The Balaban J connectivity index is 1.61. The van der Waals surface area contributed by atoms with Gasteiger partial charge in [-0.1, -0.05) is 18.2 Å². The summed E-state index contributed by atoms with van der Waals surface area (Å²) in [6.07, 6.45) is 1.19. The van der Waals surface area contributed by atoms with Crippen molar-refractivity contribution >= 4 is 17.5 Å². The number of β-amino-alcohol motifs (C(OH)–C–C–N with tert-alkyl or cyclic N) is 1. The van der Waals surface area contributed by atoms with Crippen LogP contribution in [0.1, 0.15) is 12.8 Å². The summed E-state index contributed by atoms with van der Waals surface area (Å²) in [6, 6.07) is 9.57. The number of methoxy groups -OCH3 is 1. The van der Waals surface area contributed by atoms with Gasteiger partial charge in [0.15, 0.2) is 5.60 Å². The van der Waals surface area contributed by atoms with Crippen molar-refractivity contribution in [3.63, 3.8) is 0 Å². The number of carbonyl (C=O) groups excluding carboxylic acids is 2. The number of carbonyl (C=O) groups is 2. The van der Waals surface area contributed by atoms with E-state index in [-0.39, 0.29) is 24.9 Å². The molecule has 3 rings (SSSR count). The molecule has 0 radical (unpaired) electrons. The van der Waals surface area contributed by atoms with Gasteiger partial charge in [-0.2, -0.15) is 0 Å². The Kier molecular flexibility index (Phi) is 5.90. The molecule has 0 bridgehead atoms. The lowest BCUT2D eigenvalue weighted by molar-refractivity contribution is -0.160. The highest BCUT2D eigenvalue weighted by Gasteiger charge is 2.44. The molecule has 2 saturated heterocycles. The molecule has 0 unspecified atom stereocenters. The molecule has 7 nitrogen and oxygen atoms in total. The zero-order chi connectivity index (χ0) is 18.6. The van der Waals surface area contributed by atoms with Crippen LogP contribution in [0.15, 0.2) is 30.3 Å². The van der Waals surface area contributed by atoms with Gasteiger partial charge in [0.1, 0.15) is 0 Å². The molecule has 0 saturated carbocycles. The van der Waals surface area contributed by atoms with E-state index in [4.69, 9.17) is 4.74 Å². The van der Waals surface area contributed by atoms with Crippen LogP contribution in [0.25, 0.3) is 0 Å². The van der Waals surface area contributed by atoms with Crippen molar-refractivity contribution in [1.82, 2.24) is 9.80 Å². The van der Waals surface area contributed by atoms with Gasteiger partial charge in [-0.3, -0.25) is 14.5 Å². The summed E-state index contributed by atoms with van der Waals surface area (Å²) in [5.41, 5.74) is -0.531. The quantitative estimate of drug-likeness (QED) is 0.791. The highest BCUT2D eigenvalue weighted by molar-refractivity contribution is 5.95. The number of rotatable bonds is 6. The van der Waals surface area contributed by atoms with Gasteiger partial charge >= 0.3 is 0 Å². The molecule has 0 aromatic heterocycles. The van der Waals surface area contributed by atoms with E-state index in [0.29, 0.717) is 39.2 Å². The summed E-state index contributed by atoms with van der Waals surface area (Å²) in [5, 5.41) is 10.9. The molecule has 2 aliphatic rings. The molecule has 2 fully saturated rings. The fourth-order valence-electron chi connectivity index (χ4n) is 3.73. The lowest BCUT2D eigenvalue weighted by atomic mass is 9.91. The summed E-state index contributed by atoms with van der Waals surface area (Å²) >= 11 is 0. The van der Waals surface area contributed by atoms with E-state index >= 15 is 0 Å². The number of piperidine rings is 1. The molecule has 1 N–H and O–H groups in total. The number of ether oxygens (including phenoxy) is 1. The summed E-state index contributed by atoms with van der Waals surface area (Å²) in [6.45, 7) is 3.18. The van der Waals surface area contributed by atoms with Crippen LogP contribution >= 0.6 is 0 Å². The minimum absolute atomic E-state index is 0.00875. The lowest BCUT2D eigenvalue weighted by Crippen LogP contribution is -2.61. The molecule has 0 aliphatic carbocycles. The molecule has 2 amide bonds. The highest BCUT2D eigenvalue weighted by atomic mass is 16.5. The Bertz CT molecular complexity index is 639. The van der Waals surface area contributed by atoms with Crippen LogP contribution in [0, 0.1) is 0 Å². The average molecular weight is 361 g/mol. The Morgan fingerprint density at radius 3 is 2.62 bits per heavy atom. The van der Waals surface area contributed by atoms with Crippen LogP contribution in [-0.2, 0) is 14.3 Å². The third-order valence-electron chi connectivity index (χ3n) is 5.12. The molecule has 2 aliphatic heterocycles. The summed E-state index contributed by atoms with van der Waals surface area (Å²) in [7, 11) is 1.60. The van der Waals surface area contributed by atoms with Gasteiger partial charge in [-0.05, 0) is 25.0 Å². The number of para-hydroxylation sites is 1. The van der Waals surface area contributed by atoms with Crippen LogP contribution < -0.4 is 4.90 Å². The van der Waals surface area contributed by atoms with Crippen molar-refractivity contribution in [1.29, 1.82) is 0 Å². The number of aliphatic hydroxyl groups is 1. The van der Waals surface area contributed by atoms with Gasteiger partial charge in [-0.25, -0.2) is 0 Å².